The number of rotatable bonds is 8. The minimum absolute atomic E-state index is 0.200. The van der Waals surface area contributed by atoms with Crippen molar-refractivity contribution < 1.29 is 4.39 Å². The van der Waals surface area contributed by atoms with Gasteiger partial charge in [-0.15, -0.1) is 22.0 Å². The molecule has 1 aromatic carbocycles. The summed E-state index contributed by atoms with van der Waals surface area (Å²) in [5, 5.41) is 15.6. The highest BCUT2D eigenvalue weighted by Gasteiger charge is 2.13. The molecule has 0 radical (unpaired) electrons. The van der Waals surface area contributed by atoms with Crippen LogP contribution in [0.5, 0.6) is 0 Å². The maximum Gasteiger partial charge on any atom is 0.176 e. The summed E-state index contributed by atoms with van der Waals surface area (Å²) in [5.74, 6) is 1.36. The Labute approximate surface area is 128 Å². The second-order valence-corrected chi connectivity index (χ2v) is 5.91. The molecule has 0 fully saturated rings. The summed E-state index contributed by atoms with van der Waals surface area (Å²) >= 11 is 1.63. The maximum absolute atomic E-state index is 13.2. The molecule has 0 saturated heterocycles. The predicted molar refractivity (Wildman–Crippen MR) is 81.7 cm³/mol. The first-order chi connectivity index (χ1) is 10.2. The molecule has 0 amide bonds. The molecule has 1 aromatic heterocycles. The van der Waals surface area contributed by atoms with Crippen LogP contribution in [0.4, 0.5) is 4.39 Å². The molecule has 0 aliphatic carbocycles. The third-order valence-electron chi connectivity index (χ3n) is 2.91. The summed E-state index contributed by atoms with van der Waals surface area (Å²) in [7, 11) is 1.76. The van der Waals surface area contributed by atoms with E-state index in [0.29, 0.717) is 0 Å². The third kappa shape index (κ3) is 5.43. The summed E-state index contributed by atoms with van der Waals surface area (Å²) in [6, 6.07) is 6.91. The van der Waals surface area contributed by atoms with Crippen molar-refractivity contribution in [2.24, 2.45) is 7.05 Å². The molecule has 1 atom stereocenters. The van der Waals surface area contributed by atoms with E-state index >= 15 is 0 Å². The topological polar surface area (TPSA) is 55.6 Å². The molecule has 7 heteroatoms. The van der Waals surface area contributed by atoms with Gasteiger partial charge in [0.25, 0.3) is 0 Å². The molecule has 21 heavy (non-hydrogen) atoms. The first-order valence-electron chi connectivity index (χ1n) is 7.02. The van der Waals surface area contributed by atoms with Crippen molar-refractivity contribution in [3.05, 3.63) is 35.9 Å². The van der Waals surface area contributed by atoms with E-state index in [9.17, 15) is 4.39 Å². The molecule has 1 N–H and O–H groups in total. The molecule has 0 aliphatic rings. The van der Waals surface area contributed by atoms with Crippen LogP contribution in [-0.2, 0) is 13.5 Å². The van der Waals surface area contributed by atoms with Gasteiger partial charge in [0, 0.05) is 23.1 Å². The van der Waals surface area contributed by atoms with Crippen LogP contribution in [-0.4, -0.2) is 38.5 Å². The minimum Gasteiger partial charge on any atom is -0.313 e. The summed E-state index contributed by atoms with van der Waals surface area (Å²) in [5.41, 5.74) is 0. The van der Waals surface area contributed by atoms with E-state index in [4.69, 9.17) is 0 Å². The summed E-state index contributed by atoms with van der Waals surface area (Å²) < 4.78 is 13.2. The molecular formula is C14H20FN5S. The van der Waals surface area contributed by atoms with Crippen molar-refractivity contribution >= 4 is 11.8 Å². The molecule has 1 heterocycles. The van der Waals surface area contributed by atoms with E-state index in [-0.39, 0.29) is 11.9 Å². The van der Waals surface area contributed by atoms with Crippen LogP contribution in [0.3, 0.4) is 0 Å². The molecule has 1 unspecified atom stereocenters. The van der Waals surface area contributed by atoms with Crippen molar-refractivity contribution in [1.82, 2.24) is 25.5 Å². The Kier molecular flexibility index (Phi) is 6.13. The summed E-state index contributed by atoms with van der Waals surface area (Å²) in [4.78, 5) is 2.40. The number of thioether (sulfide) groups is 1. The van der Waals surface area contributed by atoms with Gasteiger partial charge >= 0.3 is 0 Å². The van der Waals surface area contributed by atoms with Gasteiger partial charge in [-0.1, -0.05) is 13.0 Å². The lowest BCUT2D eigenvalue weighted by molar-refractivity contribution is 0.537. The van der Waals surface area contributed by atoms with Gasteiger partial charge in [0.05, 0.1) is 7.05 Å². The number of hydrogen-bond donors (Lipinski definition) is 1. The Morgan fingerprint density at radius 1 is 1.43 bits per heavy atom. The van der Waals surface area contributed by atoms with Gasteiger partial charge in [0.1, 0.15) is 5.82 Å². The predicted octanol–water partition coefficient (Wildman–Crippen LogP) is 2.05. The van der Waals surface area contributed by atoms with Gasteiger partial charge < -0.3 is 5.32 Å². The molecule has 2 aromatic rings. The number of aromatic nitrogens is 4. The van der Waals surface area contributed by atoms with Crippen molar-refractivity contribution in [1.29, 1.82) is 0 Å². The number of nitrogens with one attached hydrogen (secondary N) is 1. The van der Waals surface area contributed by atoms with Crippen molar-refractivity contribution in [3.8, 4) is 0 Å². The number of hydrogen-bond acceptors (Lipinski definition) is 5. The number of benzene rings is 1. The van der Waals surface area contributed by atoms with Crippen LogP contribution in [0.2, 0.25) is 0 Å². The van der Waals surface area contributed by atoms with Crippen molar-refractivity contribution in [3.63, 3.8) is 0 Å². The molecule has 5 nitrogen and oxygen atoms in total. The van der Waals surface area contributed by atoms with Gasteiger partial charge in [-0.3, -0.25) is 0 Å². The average molecular weight is 309 g/mol. The Balaban J connectivity index is 1.92. The second-order valence-electron chi connectivity index (χ2n) is 4.82. The third-order valence-corrected chi connectivity index (χ3v) is 4.07. The fourth-order valence-corrected chi connectivity index (χ4v) is 2.92. The fourth-order valence-electron chi connectivity index (χ4n) is 1.92. The van der Waals surface area contributed by atoms with Gasteiger partial charge in [-0.25, -0.2) is 4.39 Å². The van der Waals surface area contributed by atoms with Crippen LogP contribution in [0.15, 0.2) is 29.2 Å². The smallest absolute Gasteiger partial charge is 0.176 e. The molecule has 0 bridgehead atoms. The lowest BCUT2D eigenvalue weighted by atomic mass is 10.2. The number of tetrazole rings is 1. The fraction of sp³-hybridized carbons (Fsp3) is 0.500. The molecular weight excluding hydrogens is 289 g/mol. The first-order valence-corrected chi connectivity index (χ1v) is 8.00. The van der Waals surface area contributed by atoms with Gasteiger partial charge in [-0.2, -0.15) is 4.80 Å². The molecule has 0 spiro atoms. The Morgan fingerprint density at radius 3 is 2.95 bits per heavy atom. The van der Waals surface area contributed by atoms with E-state index in [2.05, 4.69) is 27.7 Å². The zero-order valence-corrected chi connectivity index (χ0v) is 13.1. The minimum atomic E-state index is -0.200. The maximum atomic E-state index is 13.2. The van der Waals surface area contributed by atoms with E-state index in [1.165, 1.54) is 10.9 Å². The van der Waals surface area contributed by atoms with Crippen LogP contribution in [0.1, 0.15) is 19.2 Å². The lowest BCUT2D eigenvalue weighted by Crippen LogP contribution is -2.34. The average Bonchev–Trinajstić information content (AvgIpc) is 2.87. The number of nitrogens with zero attached hydrogens (tertiary/aromatic N) is 4. The standard InChI is InChI=1S/C14H20FN5S/c1-3-7-16-12(9-14-17-19-20(2)18-14)10-21-13-6-4-5-11(15)8-13/h4-6,8,12,16H,3,7,9-10H2,1-2H3. The molecule has 0 saturated carbocycles. The Hall–Kier alpha value is -1.47. The number of halogens is 1. The molecule has 2 rings (SSSR count). The van der Waals surface area contributed by atoms with Crippen LogP contribution in [0.25, 0.3) is 0 Å². The largest absolute Gasteiger partial charge is 0.313 e. The van der Waals surface area contributed by atoms with E-state index in [0.717, 1.165) is 35.9 Å². The van der Waals surface area contributed by atoms with E-state index in [1.54, 1.807) is 30.9 Å². The van der Waals surface area contributed by atoms with Crippen molar-refractivity contribution in [2.75, 3.05) is 12.3 Å². The zero-order valence-electron chi connectivity index (χ0n) is 12.3. The summed E-state index contributed by atoms with van der Waals surface area (Å²) in [6.45, 7) is 3.07. The monoisotopic (exact) mass is 309 g/mol. The molecule has 0 aliphatic heterocycles. The highest BCUT2D eigenvalue weighted by Crippen LogP contribution is 2.20. The number of aryl methyl sites for hydroxylation is 1. The van der Waals surface area contributed by atoms with Gasteiger partial charge in [-0.05, 0) is 36.4 Å². The highest BCUT2D eigenvalue weighted by molar-refractivity contribution is 7.99. The molecule has 114 valence electrons. The van der Waals surface area contributed by atoms with E-state index < -0.39 is 0 Å². The Bertz CT molecular complexity index is 560. The first kappa shape index (κ1) is 15.9. The van der Waals surface area contributed by atoms with Gasteiger partial charge in [0.2, 0.25) is 0 Å². The van der Waals surface area contributed by atoms with Crippen LogP contribution < -0.4 is 5.32 Å². The normalized spacial score (nSPS) is 12.5. The SMILES string of the molecule is CCCNC(CSc1cccc(F)c1)Cc1nnn(C)n1. The lowest BCUT2D eigenvalue weighted by Gasteiger charge is -2.16. The van der Waals surface area contributed by atoms with E-state index in [1.807, 2.05) is 6.07 Å². The Morgan fingerprint density at radius 2 is 2.29 bits per heavy atom. The highest BCUT2D eigenvalue weighted by atomic mass is 32.2. The quantitative estimate of drug-likeness (QED) is 0.756. The van der Waals surface area contributed by atoms with Gasteiger partial charge in [0.15, 0.2) is 5.82 Å². The second kappa shape index (κ2) is 8.09. The summed E-state index contributed by atoms with van der Waals surface area (Å²) in [6.07, 6.45) is 1.78. The van der Waals surface area contributed by atoms with Crippen LogP contribution >= 0.6 is 11.8 Å². The van der Waals surface area contributed by atoms with Crippen LogP contribution in [0, 0.1) is 5.82 Å². The van der Waals surface area contributed by atoms with Crippen molar-refractivity contribution in [2.45, 2.75) is 30.7 Å². The zero-order chi connectivity index (χ0) is 15.1.